The van der Waals surface area contributed by atoms with E-state index < -0.39 is 0 Å². The van der Waals surface area contributed by atoms with Crippen molar-refractivity contribution in [3.05, 3.63) is 65.0 Å². The van der Waals surface area contributed by atoms with Gasteiger partial charge in [0.25, 0.3) is 0 Å². The minimum Gasteiger partial charge on any atom is -0.508 e. The molecular weight excluding hydrogens is 358 g/mol. The van der Waals surface area contributed by atoms with Gasteiger partial charge in [-0.2, -0.15) is 10.5 Å². The second-order valence-corrected chi connectivity index (χ2v) is 6.72. The first-order chi connectivity index (χ1) is 13.0. The number of anilines is 1. The zero-order chi connectivity index (χ0) is 19.4. The van der Waals surface area contributed by atoms with Crippen LogP contribution in [0.15, 0.2) is 47.5 Å². The van der Waals surface area contributed by atoms with Crippen LogP contribution in [0.1, 0.15) is 22.5 Å². The van der Waals surface area contributed by atoms with Crippen molar-refractivity contribution in [2.45, 2.75) is 17.7 Å². The first-order valence-corrected chi connectivity index (χ1v) is 9.00. The van der Waals surface area contributed by atoms with Gasteiger partial charge in [0.05, 0.1) is 11.3 Å². The summed E-state index contributed by atoms with van der Waals surface area (Å²) in [6, 6.07) is 16.2. The van der Waals surface area contributed by atoms with E-state index in [-0.39, 0.29) is 22.7 Å². The van der Waals surface area contributed by atoms with Gasteiger partial charge in [-0.1, -0.05) is 30.0 Å². The lowest BCUT2D eigenvalue weighted by Crippen LogP contribution is -2.03. The molecule has 1 aromatic carbocycles. The number of phenolic OH excluding ortho intramolecular Hbond substituents is 1. The maximum Gasteiger partial charge on any atom is 0.143 e. The Balaban J connectivity index is 2.09. The summed E-state index contributed by atoms with van der Waals surface area (Å²) >= 11 is 1.34. The molecule has 0 aliphatic heterocycles. The third-order valence-electron chi connectivity index (χ3n) is 3.87. The van der Waals surface area contributed by atoms with E-state index >= 15 is 0 Å². The van der Waals surface area contributed by atoms with E-state index in [1.807, 2.05) is 31.2 Å². The lowest BCUT2D eigenvalue weighted by Gasteiger charge is -2.13. The van der Waals surface area contributed by atoms with Crippen molar-refractivity contribution < 1.29 is 5.11 Å². The third kappa shape index (κ3) is 3.84. The Morgan fingerprint density at radius 2 is 1.74 bits per heavy atom. The van der Waals surface area contributed by atoms with Gasteiger partial charge in [-0.15, -0.1) is 0 Å². The number of nitrogens with two attached hydrogens (primary N) is 1. The largest absolute Gasteiger partial charge is 0.508 e. The Hall–Kier alpha value is -3.55. The second kappa shape index (κ2) is 7.77. The van der Waals surface area contributed by atoms with Crippen LogP contribution in [0, 0.1) is 29.6 Å². The SMILES string of the molecule is Cc1cccc(CSc2nc(N)c(C#N)c(-c3ccc(O)cc3)c2C#N)n1. The van der Waals surface area contributed by atoms with E-state index in [1.165, 1.54) is 23.9 Å². The Morgan fingerprint density at radius 3 is 2.37 bits per heavy atom. The van der Waals surface area contributed by atoms with Crippen LogP contribution in [0.2, 0.25) is 0 Å². The fourth-order valence-corrected chi connectivity index (χ4v) is 3.54. The van der Waals surface area contributed by atoms with Gasteiger partial charge in [-0.3, -0.25) is 4.98 Å². The van der Waals surface area contributed by atoms with Gasteiger partial charge >= 0.3 is 0 Å². The number of thioether (sulfide) groups is 1. The zero-order valence-corrected chi connectivity index (χ0v) is 15.3. The smallest absolute Gasteiger partial charge is 0.143 e. The van der Waals surface area contributed by atoms with Crippen LogP contribution >= 0.6 is 11.8 Å². The maximum absolute atomic E-state index is 9.75. The number of nitrogen functional groups attached to an aromatic ring is 1. The number of nitriles is 2. The summed E-state index contributed by atoms with van der Waals surface area (Å²) in [5.74, 6) is 0.682. The minimum absolute atomic E-state index is 0.0688. The number of aromatic hydroxyl groups is 1. The molecule has 2 aromatic heterocycles. The standard InChI is InChI=1S/C20H15N5OS/c1-12-3-2-4-14(24-12)11-27-20-17(10-22)18(16(9-21)19(23)25-20)13-5-7-15(26)8-6-13/h2-8,26H,11H2,1H3,(H2,23,25). The molecule has 3 rings (SSSR count). The molecule has 3 aromatic rings. The number of hydrogen-bond donors (Lipinski definition) is 2. The van der Waals surface area contributed by atoms with Crippen LogP contribution in [-0.4, -0.2) is 15.1 Å². The maximum atomic E-state index is 9.75. The number of phenols is 1. The predicted molar refractivity (Wildman–Crippen MR) is 104 cm³/mol. The van der Waals surface area contributed by atoms with Crippen LogP contribution in [0.3, 0.4) is 0 Å². The number of benzene rings is 1. The van der Waals surface area contributed by atoms with Crippen LogP contribution in [0.5, 0.6) is 5.75 Å². The molecule has 0 aliphatic carbocycles. The van der Waals surface area contributed by atoms with E-state index in [4.69, 9.17) is 5.73 Å². The van der Waals surface area contributed by atoms with Gasteiger partial charge in [-0.25, -0.2) is 4.98 Å². The third-order valence-corrected chi connectivity index (χ3v) is 4.88. The highest BCUT2D eigenvalue weighted by Crippen LogP contribution is 2.36. The first kappa shape index (κ1) is 18.2. The van der Waals surface area contributed by atoms with Crippen molar-refractivity contribution in [1.29, 1.82) is 10.5 Å². The van der Waals surface area contributed by atoms with Crippen molar-refractivity contribution in [1.82, 2.24) is 9.97 Å². The number of aryl methyl sites for hydroxylation is 1. The fourth-order valence-electron chi connectivity index (χ4n) is 2.64. The summed E-state index contributed by atoms with van der Waals surface area (Å²) in [5.41, 5.74) is 9.23. The molecule has 0 bridgehead atoms. The summed E-state index contributed by atoms with van der Waals surface area (Å²) in [7, 11) is 0. The minimum atomic E-state index is 0.0688. The molecular formula is C20H15N5OS. The van der Waals surface area contributed by atoms with E-state index in [2.05, 4.69) is 16.0 Å². The number of nitrogens with zero attached hydrogens (tertiary/aromatic N) is 4. The lowest BCUT2D eigenvalue weighted by atomic mass is 9.97. The Bertz CT molecular complexity index is 1080. The molecule has 0 saturated carbocycles. The van der Waals surface area contributed by atoms with Crippen molar-refractivity contribution in [3.63, 3.8) is 0 Å². The second-order valence-electron chi connectivity index (χ2n) is 5.76. The Morgan fingerprint density at radius 1 is 1.04 bits per heavy atom. The van der Waals surface area contributed by atoms with Gasteiger partial charge in [0, 0.05) is 17.0 Å². The summed E-state index contributed by atoms with van der Waals surface area (Å²) in [6.45, 7) is 1.91. The van der Waals surface area contributed by atoms with Gasteiger partial charge < -0.3 is 10.8 Å². The lowest BCUT2D eigenvalue weighted by molar-refractivity contribution is 0.475. The highest BCUT2D eigenvalue weighted by Gasteiger charge is 2.20. The average molecular weight is 373 g/mol. The fraction of sp³-hybridized carbons (Fsp3) is 0.100. The van der Waals surface area contributed by atoms with E-state index in [0.717, 1.165) is 11.4 Å². The van der Waals surface area contributed by atoms with Crippen LogP contribution < -0.4 is 5.73 Å². The van der Waals surface area contributed by atoms with Crippen LogP contribution in [-0.2, 0) is 5.75 Å². The highest BCUT2D eigenvalue weighted by molar-refractivity contribution is 7.98. The predicted octanol–water partition coefficient (Wildman–Crippen LogP) is 3.78. The summed E-state index contributed by atoms with van der Waals surface area (Å²) < 4.78 is 0. The first-order valence-electron chi connectivity index (χ1n) is 8.02. The molecule has 27 heavy (non-hydrogen) atoms. The molecule has 0 aliphatic rings. The molecule has 3 N–H and O–H groups in total. The van der Waals surface area contributed by atoms with Crippen molar-refractivity contribution in [2.75, 3.05) is 5.73 Å². The van der Waals surface area contributed by atoms with Crippen molar-refractivity contribution in [3.8, 4) is 29.0 Å². The summed E-state index contributed by atoms with van der Waals surface area (Å²) in [4.78, 5) is 8.72. The topological polar surface area (TPSA) is 120 Å². The molecule has 6 nitrogen and oxygen atoms in total. The van der Waals surface area contributed by atoms with E-state index in [1.54, 1.807) is 12.1 Å². The van der Waals surface area contributed by atoms with Gasteiger partial charge in [-0.05, 0) is 36.8 Å². The van der Waals surface area contributed by atoms with Crippen molar-refractivity contribution >= 4 is 17.6 Å². The molecule has 0 spiro atoms. The monoisotopic (exact) mass is 373 g/mol. The van der Waals surface area contributed by atoms with Gasteiger partial charge in [0.15, 0.2) is 0 Å². The molecule has 0 unspecified atom stereocenters. The average Bonchev–Trinajstić information content (AvgIpc) is 2.66. The summed E-state index contributed by atoms with van der Waals surface area (Å²) in [5, 5.41) is 29.2. The molecule has 7 heteroatoms. The molecule has 0 amide bonds. The quantitative estimate of drug-likeness (QED) is 0.668. The number of hydrogen-bond acceptors (Lipinski definition) is 7. The van der Waals surface area contributed by atoms with Crippen LogP contribution in [0.25, 0.3) is 11.1 Å². The molecule has 0 radical (unpaired) electrons. The zero-order valence-electron chi connectivity index (χ0n) is 14.5. The molecule has 2 heterocycles. The van der Waals surface area contributed by atoms with Crippen molar-refractivity contribution in [2.24, 2.45) is 0 Å². The molecule has 132 valence electrons. The Kier molecular flexibility index (Phi) is 5.25. The number of aromatic nitrogens is 2. The van der Waals surface area contributed by atoms with Crippen LogP contribution in [0.4, 0.5) is 5.82 Å². The molecule has 0 atom stereocenters. The van der Waals surface area contributed by atoms with Gasteiger partial charge in [0.2, 0.25) is 0 Å². The van der Waals surface area contributed by atoms with E-state index in [0.29, 0.717) is 21.9 Å². The number of pyridine rings is 2. The number of rotatable bonds is 4. The highest BCUT2D eigenvalue weighted by atomic mass is 32.2. The normalized spacial score (nSPS) is 10.2. The summed E-state index contributed by atoms with van der Waals surface area (Å²) in [6.07, 6.45) is 0. The molecule has 0 fully saturated rings. The Labute approximate surface area is 160 Å². The van der Waals surface area contributed by atoms with E-state index in [9.17, 15) is 15.6 Å². The van der Waals surface area contributed by atoms with Gasteiger partial charge in [0.1, 0.15) is 34.3 Å². The molecule has 0 saturated heterocycles.